The number of likely N-dealkylation sites (tertiary alicyclic amines) is 1. The smallest absolute Gasteiger partial charge is 0.325 e. The minimum absolute atomic E-state index is 0.243. The minimum Gasteiger partial charge on any atom is -0.497 e. The van der Waals surface area contributed by atoms with Gasteiger partial charge in [0.1, 0.15) is 11.3 Å². The monoisotopic (exact) mass is 386 g/mol. The Kier molecular flexibility index (Phi) is 5.30. The third-order valence-corrected chi connectivity index (χ3v) is 5.92. The largest absolute Gasteiger partial charge is 0.497 e. The average Bonchev–Trinajstić information content (AvgIpc) is 3.15. The van der Waals surface area contributed by atoms with Gasteiger partial charge in [-0.25, -0.2) is 0 Å². The Hall–Kier alpha value is -2.67. The Morgan fingerprint density at radius 1 is 1.29 bits per heavy atom. The molecule has 7 nitrogen and oxygen atoms in total. The normalized spacial score (nSPS) is 29.8. The molecule has 0 saturated carbocycles. The molecule has 1 aromatic rings. The fraction of sp³-hybridized carbons (Fsp3) is 0.476. The van der Waals surface area contributed by atoms with Crippen molar-refractivity contribution in [3.8, 4) is 5.75 Å². The van der Waals surface area contributed by atoms with Crippen LogP contribution < -0.4 is 10.1 Å². The van der Waals surface area contributed by atoms with Gasteiger partial charge in [-0.1, -0.05) is 38.1 Å². The molecule has 7 heteroatoms. The lowest BCUT2D eigenvalue weighted by atomic mass is 9.73. The molecule has 0 radical (unpaired) electrons. The lowest BCUT2D eigenvalue weighted by Crippen LogP contribution is -2.60. The van der Waals surface area contributed by atoms with Crippen LogP contribution in [0.25, 0.3) is 6.08 Å². The van der Waals surface area contributed by atoms with Gasteiger partial charge in [-0.05, 0) is 30.5 Å². The first-order chi connectivity index (χ1) is 13.3. The van der Waals surface area contributed by atoms with Crippen LogP contribution in [-0.4, -0.2) is 53.0 Å². The number of carbonyl (C=O) groups is 3. The molecule has 4 unspecified atom stereocenters. The van der Waals surface area contributed by atoms with Crippen molar-refractivity contribution in [1.82, 2.24) is 10.2 Å². The van der Waals surface area contributed by atoms with Gasteiger partial charge in [0, 0.05) is 12.6 Å². The lowest BCUT2D eigenvalue weighted by molar-refractivity contribution is -0.153. The van der Waals surface area contributed by atoms with Crippen LogP contribution in [0.4, 0.5) is 0 Å². The molecule has 0 spiro atoms. The third kappa shape index (κ3) is 2.90. The second-order valence-corrected chi connectivity index (χ2v) is 7.56. The summed E-state index contributed by atoms with van der Waals surface area (Å²) in [5, 5.41) is 13.1. The zero-order chi connectivity index (χ0) is 20.6. The fourth-order valence-electron chi connectivity index (χ4n) is 4.42. The molecule has 2 saturated heterocycles. The van der Waals surface area contributed by atoms with E-state index in [0.717, 1.165) is 11.3 Å². The van der Waals surface area contributed by atoms with Crippen molar-refractivity contribution < 1.29 is 24.2 Å². The highest BCUT2D eigenvalue weighted by Gasteiger charge is 2.68. The van der Waals surface area contributed by atoms with Crippen molar-refractivity contribution in [1.29, 1.82) is 0 Å². The molecule has 4 atom stereocenters. The van der Waals surface area contributed by atoms with Crippen molar-refractivity contribution in [2.75, 3.05) is 13.7 Å². The number of amides is 2. The van der Waals surface area contributed by atoms with E-state index in [4.69, 9.17) is 4.74 Å². The molecule has 3 rings (SSSR count). The van der Waals surface area contributed by atoms with E-state index >= 15 is 0 Å². The van der Waals surface area contributed by atoms with Crippen molar-refractivity contribution in [3.05, 3.63) is 35.9 Å². The van der Waals surface area contributed by atoms with E-state index in [9.17, 15) is 19.5 Å². The van der Waals surface area contributed by atoms with Gasteiger partial charge in [0.15, 0.2) is 0 Å². The number of rotatable bonds is 6. The molecular weight excluding hydrogens is 360 g/mol. The van der Waals surface area contributed by atoms with Gasteiger partial charge < -0.3 is 9.84 Å². The van der Waals surface area contributed by atoms with E-state index in [-0.39, 0.29) is 18.4 Å². The number of hydrogen-bond acceptors (Lipinski definition) is 5. The number of methoxy groups -OCH3 is 1. The number of benzene rings is 1. The first-order valence-electron chi connectivity index (χ1n) is 9.46. The summed E-state index contributed by atoms with van der Waals surface area (Å²) < 4.78 is 5.14. The maximum atomic E-state index is 12.9. The third-order valence-electron chi connectivity index (χ3n) is 5.92. The van der Waals surface area contributed by atoms with Crippen molar-refractivity contribution in [2.24, 2.45) is 17.8 Å². The highest BCUT2D eigenvalue weighted by molar-refractivity contribution is 6.09. The minimum atomic E-state index is -1.48. The number of imide groups is 1. The molecule has 2 aliphatic rings. The molecular formula is C21H26N2O5. The quantitative estimate of drug-likeness (QED) is 0.724. The summed E-state index contributed by atoms with van der Waals surface area (Å²) in [5.41, 5.74) is -0.586. The zero-order valence-corrected chi connectivity index (χ0v) is 16.5. The van der Waals surface area contributed by atoms with Gasteiger partial charge in [-0.3, -0.25) is 24.6 Å². The molecule has 2 amide bonds. The van der Waals surface area contributed by atoms with Crippen LogP contribution in [0.1, 0.15) is 26.3 Å². The molecule has 2 N–H and O–H groups in total. The van der Waals surface area contributed by atoms with Gasteiger partial charge >= 0.3 is 5.97 Å². The SMILES string of the molecule is CCN1C(=O)C2C(/C=C\c3ccc(OC)cc3)NC(C(=O)O)(C(C)C)C2C1=O. The number of fused-ring (bicyclic) bond motifs is 1. The molecule has 2 fully saturated rings. The van der Waals surface area contributed by atoms with E-state index < -0.39 is 35.3 Å². The van der Waals surface area contributed by atoms with Crippen LogP contribution in [0.3, 0.4) is 0 Å². The molecule has 2 heterocycles. The van der Waals surface area contributed by atoms with Gasteiger partial charge in [-0.2, -0.15) is 0 Å². The molecule has 2 aliphatic heterocycles. The van der Waals surface area contributed by atoms with Crippen molar-refractivity contribution >= 4 is 23.9 Å². The molecule has 150 valence electrons. The van der Waals surface area contributed by atoms with Gasteiger partial charge in [0.05, 0.1) is 18.9 Å². The van der Waals surface area contributed by atoms with Crippen LogP contribution in [0, 0.1) is 17.8 Å². The highest BCUT2D eigenvalue weighted by atomic mass is 16.5. The number of nitrogens with one attached hydrogen (secondary N) is 1. The van der Waals surface area contributed by atoms with Crippen LogP contribution in [0.5, 0.6) is 5.75 Å². The number of carboxylic acid groups (broad SMARTS) is 1. The molecule has 1 aromatic carbocycles. The van der Waals surface area contributed by atoms with E-state index in [0.29, 0.717) is 0 Å². The summed E-state index contributed by atoms with van der Waals surface area (Å²) in [4.78, 5) is 39.2. The van der Waals surface area contributed by atoms with E-state index in [1.807, 2.05) is 30.3 Å². The van der Waals surface area contributed by atoms with Gasteiger partial charge in [0.2, 0.25) is 11.8 Å². The topological polar surface area (TPSA) is 95.9 Å². The molecule has 0 aliphatic carbocycles. The summed E-state index contributed by atoms with van der Waals surface area (Å²) in [6.45, 7) is 5.50. The summed E-state index contributed by atoms with van der Waals surface area (Å²) in [7, 11) is 1.59. The van der Waals surface area contributed by atoms with Crippen LogP contribution in [-0.2, 0) is 14.4 Å². The number of nitrogens with zero attached hydrogens (tertiary/aromatic N) is 1. The van der Waals surface area contributed by atoms with E-state index in [2.05, 4.69) is 5.32 Å². The highest BCUT2D eigenvalue weighted by Crippen LogP contribution is 2.46. The summed E-state index contributed by atoms with van der Waals surface area (Å²) in [6.07, 6.45) is 3.62. The predicted molar refractivity (Wildman–Crippen MR) is 104 cm³/mol. The second kappa shape index (κ2) is 7.39. The standard InChI is InChI=1S/C21H26N2O5/c1-5-23-18(24)16-15(11-8-13-6-9-14(28-4)10-7-13)22-21(12(2)3,20(26)27)17(16)19(23)25/h6-12,15-17,22H,5H2,1-4H3,(H,26,27)/b11-8-. The van der Waals surface area contributed by atoms with Crippen LogP contribution in [0.15, 0.2) is 30.3 Å². The first-order valence-corrected chi connectivity index (χ1v) is 9.46. The summed E-state index contributed by atoms with van der Waals surface area (Å²) in [5.74, 6) is -3.08. The maximum absolute atomic E-state index is 12.9. The number of carboxylic acids is 1. The summed E-state index contributed by atoms with van der Waals surface area (Å²) in [6, 6.07) is 6.84. The van der Waals surface area contributed by atoms with E-state index in [1.165, 1.54) is 4.90 Å². The predicted octanol–water partition coefficient (Wildman–Crippen LogP) is 1.78. The molecule has 0 aromatic heterocycles. The van der Waals surface area contributed by atoms with Gasteiger partial charge in [0.25, 0.3) is 0 Å². The summed E-state index contributed by atoms with van der Waals surface area (Å²) >= 11 is 0. The Morgan fingerprint density at radius 2 is 1.93 bits per heavy atom. The van der Waals surface area contributed by atoms with E-state index in [1.54, 1.807) is 34.0 Å². The number of ether oxygens (including phenoxy) is 1. The second-order valence-electron chi connectivity index (χ2n) is 7.56. The number of hydrogen-bond donors (Lipinski definition) is 2. The maximum Gasteiger partial charge on any atom is 0.325 e. The number of carbonyl (C=O) groups excluding carboxylic acids is 2. The fourth-order valence-corrected chi connectivity index (χ4v) is 4.42. The Balaban J connectivity index is 1.99. The van der Waals surface area contributed by atoms with Crippen molar-refractivity contribution in [3.63, 3.8) is 0 Å². The number of aliphatic carboxylic acids is 1. The Bertz CT molecular complexity index is 817. The molecule has 0 bridgehead atoms. The van der Waals surface area contributed by atoms with Crippen LogP contribution >= 0.6 is 0 Å². The van der Waals surface area contributed by atoms with Crippen molar-refractivity contribution in [2.45, 2.75) is 32.4 Å². The average molecular weight is 386 g/mol. The van der Waals surface area contributed by atoms with Crippen LogP contribution in [0.2, 0.25) is 0 Å². The Morgan fingerprint density at radius 3 is 2.43 bits per heavy atom. The Labute approximate surface area is 164 Å². The molecule has 28 heavy (non-hydrogen) atoms. The zero-order valence-electron chi connectivity index (χ0n) is 16.5. The first kappa shape index (κ1) is 20.1. The lowest BCUT2D eigenvalue weighted by Gasteiger charge is -2.34. The van der Waals surface area contributed by atoms with Gasteiger partial charge in [-0.15, -0.1) is 0 Å².